The SMILES string of the molecule is N#Cc1ccc(NC2CCC(N)CC2)c2ccccc12. The van der Waals surface area contributed by atoms with E-state index in [0.717, 1.165) is 47.7 Å². The average Bonchev–Trinajstić information content (AvgIpc) is 2.50. The van der Waals surface area contributed by atoms with E-state index in [4.69, 9.17) is 5.73 Å². The van der Waals surface area contributed by atoms with E-state index in [-0.39, 0.29) is 0 Å². The van der Waals surface area contributed by atoms with Gasteiger partial charge in [-0.3, -0.25) is 0 Å². The van der Waals surface area contributed by atoms with Gasteiger partial charge in [-0.05, 0) is 37.8 Å². The Balaban J connectivity index is 1.91. The number of rotatable bonds is 2. The van der Waals surface area contributed by atoms with Crippen LogP contribution in [-0.2, 0) is 0 Å². The van der Waals surface area contributed by atoms with Crippen molar-refractivity contribution in [3.05, 3.63) is 42.0 Å². The van der Waals surface area contributed by atoms with E-state index in [1.54, 1.807) is 0 Å². The molecule has 3 heteroatoms. The Morgan fingerprint density at radius 1 is 1.00 bits per heavy atom. The first-order valence-electron chi connectivity index (χ1n) is 7.22. The third kappa shape index (κ3) is 2.48. The Kier molecular flexibility index (Phi) is 3.58. The Labute approximate surface area is 119 Å². The zero-order valence-electron chi connectivity index (χ0n) is 11.5. The Morgan fingerprint density at radius 3 is 2.40 bits per heavy atom. The molecule has 102 valence electrons. The van der Waals surface area contributed by atoms with Crippen molar-refractivity contribution in [3.63, 3.8) is 0 Å². The van der Waals surface area contributed by atoms with Gasteiger partial charge in [-0.2, -0.15) is 5.26 Å². The highest BCUT2D eigenvalue weighted by Crippen LogP contribution is 2.29. The number of hydrogen-bond donors (Lipinski definition) is 2. The van der Waals surface area contributed by atoms with Gasteiger partial charge in [0.15, 0.2) is 0 Å². The largest absolute Gasteiger partial charge is 0.382 e. The third-order valence-corrected chi connectivity index (χ3v) is 4.18. The van der Waals surface area contributed by atoms with Crippen LogP contribution in [0.15, 0.2) is 36.4 Å². The number of nitrogens with zero attached hydrogens (tertiary/aromatic N) is 1. The Morgan fingerprint density at radius 2 is 1.70 bits per heavy atom. The molecular weight excluding hydrogens is 246 g/mol. The molecule has 0 spiro atoms. The zero-order chi connectivity index (χ0) is 13.9. The minimum absolute atomic E-state index is 0.366. The lowest BCUT2D eigenvalue weighted by Crippen LogP contribution is -2.32. The lowest BCUT2D eigenvalue weighted by Gasteiger charge is -2.28. The Bertz CT molecular complexity index is 649. The van der Waals surface area contributed by atoms with Crippen LogP contribution < -0.4 is 11.1 Å². The maximum atomic E-state index is 9.19. The molecule has 3 N–H and O–H groups in total. The summed E-state index contributed by atoms with van der Waals surface area (Å²) in [4.78, 5) is 0. The molecule has 0 radical (unpaired) electrons. The van der Waals surface area contributed by atoms with Crippen LogP contribution in [-0.4, -0.2) is 12.1 Å². The molecule has 0 aromatic heterocycles. The standard InChI is InChI=1S/C17H19N3/c18-11-12-5-10-17(16-4-2-1-3-15(12)16)20-14-8-6-13(19)7-9-14/h1-5,10,13-14,20H,6-9,19H2. The number of fused-ring (bicyclic) bond motifs is 1. The molecule has 2 aromatic carbocycles. The molecule has 0 bridgehead atoms. The molecule has 0 unspecified atom stereocenters. The highest BCUT2D eigenvalue weighted by molar-refractivity contribution is 5.97. The fourth-order valence-electron chi connectivity index (χ4n) is 3.01. The molecule has 20 heavy (non-hydrogen) atoms. The summed E-state index contributed by atoms with van der Waals surface area (Å²) < 4.78 is 0. The highest BCUT2D eigenvalue weighted by Gasteiger charge is 2.19. The number of anilines is 1. The van der Waals surface area contributed by atoms with Gasteiger partial charge in [-0.15, -0.1) is 0 Å². The van der Waals surface area contributed by atoms with E-state index in [9.17, 15) is 5.26 Å². The van der Waals surface area contributed by atoms with Gasteiger partial charge in [0.25, 0.3) is 0 Å². The molecule has 3 rings (SSSR count). The lowest BCUT2D eigenvalue weighted by atomic mass is 9.91. The highest BCUT2D eigenvalue weighted by atomic mass is 14.9. The fraction of sp³-hybridized carbons (Fsp3) is 0.353. The monoisotopic (exact) mass is 265 g/mol. The van der Waals surface area contributed by atoms with Crippen LogP contribution in [0.25, 0.3) is 10.8 Å². The molecule has 0 amide bonds. The van der Waals surface area contributed by atoms with Crippen molar-refractivity contribution in [1.82, 2.24) is 0 Å². The van der Waals surface area contributed by atoms with Gasteiger partial charge in [0.1, 0.15) is 0 Å². The number of hydrogen-bond acceptors (Lipinski definition) is 3. The smallest absolute Gasteiger partial charge is 0.0998 e. The van der Waals surface area contributed by atoms with Crippen LogP contribution >= 0.6 is 0 Å². The lowest BCUT2D eigenvalue weighted by molar-refractivity contribution is 0.411. The predicted octanol–water partition coefficient (Wildman–Crippen LogP) is 3.39. The van der Waals surface area contributed by atoms with Crippen molar-refractivity contribution >= 4 is 16.5 Å². The van der Waals surface area contributed by atoms with Crippen LogP contribution in [0.5, 0.6) is 0 Å². The molecule has 0 heterocycles. The summed E-state index contributed by atoms with van der Waals surface area (Å²) in [5, 5.41) is 15.0. The van der Waals surface area contributed by atoms with Gasteiger partial charge in [0.2, 0.25) is 0 Å². The molecule has 1 aliphatic carbocycles. The summed E-state index contributed by atoms with van der Waals surface area (Å²) in [6, 6.07) is 15.1. The van der Waals surface area contributed by atoms with Crippen LogP contribution in [0.2, 0.25) is 0 Å². The molecule has 0 atom stereocenters. The molecular formula is C17H19N3. The summed E-state index contributed by atoms with van der Waals surface area (Å²) in [5.41, 5.74) is 7.81. The van der Waals surface area contributed by atoms with Gasteiger partial charge in [-0.25, -0.2) is 0 Å². The van der Waals surface area contributed by atoms with E-state index in [1.807, 2.05) is 30.3 Å². The van der Waals surface area contributed by atoms with Gasteiger partial charge in [-0.1, -0.05) is 24.3 Å². The van der Waals surface area contributed by atoms with Crippen molar-refractivity contribution < 1.29 is 0 Å². The van der Waals surface area contributed by atoms with Crippen LogP contribution in [0.3, 0.4) is 0 Å². The molecule has 1 fully saturated rings. The molecule has 0 aliphatic heterocycles. The number of benzene rings is 2. The van der Waals surface area contributed by atoms with Gasteiger partial charge < -0.3 is 11.1 Å². The molecule has 1 aliphatic rings. The van der Waals surface area contributed by atoms with Crippen molar-refractivity contribution in [2.45, 2.75) is 37.8 Å². The van der Waals surface area contributed by atoms with Crippen LogP contribution in [0.1, 0.15) is 31.2 Å². The maximum Gasteiger partial charge on any atom is 0.0998 e. The second-order valence-corrected chi connectivity index (χ2v) is 5.57. The Hall–Kier alpha value is -2.05. The third-order valence-electron chi connectivity index (χ3n) is 4.18. The minimum Gasteiger partial charge on any atom is -0.382 e. The predicted molar refractivity (Wildman–Crippen MR) is 82.5 cm³/mol. The molecule has 2 aromatic rings. The first-order chi connectivity index (χ1) is 9.78. The average molecular weight is 265 g/mol. The first-order valence-corrected chi connectivity index (χ1v) is 7.22. The summed E-state index contributed by atoms with van der Waals surface area (Å²) in [6.07, 6.45) is 4.42. The van der Waals surface area contributed by atoms with Gasteiger partial charge >= 0.3 is 0 Å². The first kappa shape index (κ1) is 13.0. The molecule has 0 saturated heterocycles. The van der Waals surface area contributed by atoms with E-state index in [1.165, 1.54) is 0 Å². The molecule has 3 nitrogen and oxygen atoms in total. The van der Waals surface area contributed by atoms with Gasteiger partial charge in [0, 0.05) is 28.5 Å². The number of nitrogens with one attached hydrogen (secondary N) is 1. The maximum absolute atomic E-state index is 9.19. The van der Waals surface area contributed by atoms with Crippen molar-refractivity contribution in [2.75, 3.05) is 5.32 Å². The number of nitrogens with two attached hydrogens (primary N) is 1. The van der Waals surface area contributed by atoms with E-state index >= 15 is 0 Å². The van der Waals surface area contributed by atoms with E-state index in [0.29, 0.717) is 12.1 Å². The summed E-state index contributed by atoms with van der Waals surface area (Å²) in [6.45, 7) is 0. The van der Waals surface area contributed by atoms with E-state index in [2.05, 4.69) is 17.5 Å². The van der Waals surface area contributed by atoms with Crippen molar-refractivity contribution in [1.29, 1.82) is 5.26 Å². The zero-order valence-corrected chi connectivity index (χ0v) is 11.5. The van der Waals surface area contributed by atoms with Gasteiger partial charge in [0.05, 0.1) is 11.6 Å². The van der Waals surface area contributed by atoms with Crippen molar-refractivity contribution in [2.24, 2.45) is 5.73 Å². The quantitative estimate of drug-likeness (QED) is 0.875. The minimum atomic E-state index is 0.366. The summed E-state index contributed by atoms with van der Waals surface area (Å²) in [7, 11) is 0. The normalized spacial score (nSPS) is 22.4. The summed E-state index contributed by atoms with van der Waals surface area (Å²) >= 11 is 0. The fourth-order valence-corrected chi connectivity index (χ4v) is 3.01. The molecule has 1 saturated carbocycles. The van der Waals surface area contributed by atoms with Crippen LogP contribution in [0, 0.1) is 11.3 Å². The van der Waals surface area contributed by atoms with Crippen molar-refractivity contribution in [3.8, 4) is 6.07 Å². The second-order valence-electron chi connectivity index (χ2n) is 5.57. The summed E-state index contributed by atoms with van der Waals surface area (Å²) in [5.74, 6) is 0. The number of nitriles is 1. The van der Waals surface area contributed by atoms with Crippen LogP contribution in [0.4, 0.5) is 5.69 Å². The topological polar surface area (TPSA) is 61.8 Å². The second kappa shape index (κ2) is 5.52. The van der Waals surface area contributed by atoms with E-state index < -0.39 is 0 Å².